The quantitative estimate of drug-likeness (QED) is 0.680. The highest BCUT2D eigenvalue weighted by Crippen LogP contribution is 2.36. The lowest BCUT2D eigenvalue weighted by Gasteiger charge is -2.38. The van der Waals surface area contributed by atoms with Gasteiger partial charge < -0.3 is 19.5 Å². The Bertz CT molecular complexity index is 630. The summed E-state index contributed by atoms with van der Waals surface area (Å²) in [6.07, 6.45) is 4.71. The van der Waals surface area contributed by atoms with E-state index >= 15 is 0 Å². The molecule has 3 rings (SSSR count). The number of hydrogen-bond donors (Lipinski definition) is 1. The SMILES string of the molecule is CCCO[C@@]1(C(=O)Nc2ccc(OCCN3CCOCC3)cc2)CCC[C@@H](C)C1. The molecule has 1 aliphatic carbocycles. The van der Waals surface area contributed by atoms with E-state index < -0.39 is 5.60 Å². The molecule has 0 bridgehead atoms. The molecule has 0 radical (unpaired) electrons. The molecule has 2 atom stereocenters. The van der Waals surface area contributed by atoms with E-state index in [2.05, 4.69) is 24.1 Å². The summed E-state index contributed by atoms with van der Waals surface area (Å²) in [6, 6.07) is 7.64. The van der Waals surface area contributed by atoms with Crippen LogP contribution in [0.4, 0.5) is 5.69 Å². The van der Waals surface area contributed by atoms with Gasteiger partial charge in [-0.2, -0.15) is 0 Å². The van der Waals surface area contributed by atoms with Crippen LogP contribution < -0.4 is 10.1 Å². The Labute approximate surface area is 174 Å². The molecule has 0 aromatic heterocycles. The van der Waals surface area contributed by atoms with Crippen molar-refractivity contribution >= 4 is 11.6 Å². The van der Waals surface area contributed by atoms with Crippen molar-refractivity contribution in [3.05, 3.63) is 24.3 Å². The van der Waals surface area contributed by atoms with Crippen LogP contribution >= 0.6 is 0 Å². The zero-order valence-corrected chi connectivity index (χ0v) is 18.0. The van der Waals surface area contributed by atoms with Crippen LogP contribution in [0, 0.1) is 5.92 Å². The van der Waals surface area contributed by atoms with E-state index in [-0.39, 0.29) is 5.91 Å². The lowest BCUT2D eigenvalue weighted by atomic mass is 9.78. The van der Waals surface area contributed by atoms with Crippen molar-refractivity contribution in [3.8, 4) is 5.75 Å². The molecule has 1 aromatic rings. The Morgan fingerprint density at radius 2 is 2.00 bits per heavy atom. The normalized spacial score (nSPS) is 25.5. The third kappa shape index (κ3) is 6.43. The molecule has 1 saturated heterocycles. The van der Waals surface area contributed by atoms with Gasteiger partial charge in [-0.25, -0.2) is 0 Å². The van der Waals surface area contributed by atoms with Crippen molar-refractivity contribution in [1.82, 2.24) is 4.90 Å². The number of carbonyl (C=O) groups excluding carboxylic acids is 1. The number of rotatable bonds is 9. The van der Waals surface area contributed by atoms with Gasteiger partial charge in [-0.05, 0) is 55.9 Å². The molecule has 6 nitrogen and oxygen atoms in total. The van der Waals surface area contributed by atoms with Crippen LogP contribution in [0.5, 0.6) is 5.75 Å². The van der Waals surface area contributed by atoms with E-state index in [4.69, 9.17) is 14.2 Å². The number of hydrogen-bond acceptors (Lipinski definition) is 5. The minimum Gasteiger partial charge on any atom is -0.492 e. The molecule has 2 fully saturated rings. The molecular weight excluding hydrogens is 368 g/mol. The molecule has 162 valence electrons. The second-order valence-corrected chi connectivity index (χ2v) is 8.33. The van der Waals surface area contributed by atoms with Crippen LogP contribution in [0.25, 0.3) is 0 Å². The predicted octanol–water partition coefficient (Wildman–Crippen LogP) is 3.71. The highest BCUT2D eigenvalue weighted by Gasteiger charge is 2.42. The van der Waals surface area contributed by atoms with Gasteiger partial charge in [0.1, 0.15) is 18.0 Å². The smallest absolute Gasteiger partial charge is 0.256 e. The minimum atomic E-state index is -0.693. The fourth-order valence-electron chi connectivity index (χ4n) is 4.20. The van der Waals surface area contributed by atoms with Gasteiger partial charge >= 0.3 is 0 Å². The Morgan fingerprint density at radius 3 is 2.69 bits per heavy atom. The van der Waals surface area contributed by atoms with Gasteiger partial charge in [-0.15, -0.1) is 0 Å². The molecule has 2 aliphatic rings. The molecule has 1 aliphatic heterocycles. The van der Waals surface area contributed by atoms with Crippen LogP contribution in [-0.2, 0) is 14.3 Å². The zero-order valence-electron chi connectivity index (χ0n) is 18.0. The maximum absolute atomic E-state index is 13.1. The predicted molar refractivity (Wildman–Crippen MR) is 114 cm³/mol. The fourth-order valence-corrected chi connectivity index (χ4v) is 4.20. The largest absolute Gasteiger partial charge is 0.492 e. The first-order chi connectivity index (χ1) is 14.1. The minimum absolute atomic E-state index is 0.0153. The molecule has 0 unspecified atom stereocenters. The molecule has 1 N–H and O–H groups in total. The highest BCUT2D eigenvalue weighted by atomic mass is 16.5. The van der Waals surface area contributed by atoms with E-state index in [0.717, 1.165) is 70.0 Å². The first kappa shape index (κ1) is 22.1. The molecule has 1 saturated carbocycles. The second-order valence-electron chi connectivity index (χ2n) is 8.33. The molecular formula is C23H36N2O4. The van der Waals surface area contributed by atoms with Gasteiger partial charge in [0.25, 0.3) is 5.91 Å². The number of nitrogens with one attached hydrogen (secondary N) is 1. The Morgan fingerprint density at radius 1 is 1.24 bits per heavy atom. The third-order valence-corrected chi connectivity index (χ3v) is 5.84. The average Bonchev–Trinajstić information content (AvgIpc) is 2.74. The highest BCUT2D eigenvalue weighted by molar-refractivity contribution is 5.97. The summed E-state index contributed by atoms with van der Waals surface area (Å²) >= 11 is 0. The first-order valence-electron chi connectivity index (χ1n) is 11.1. The molecule has 6 heteroatoms. The van der Waals surface area contributed by atoms with Gasteiger partial charge in [-0.3, -0.25) is 9.69 Å². The lowest BCUT2D eigenvalue weighted by Crippen LogP contribution is -2.48. The van der Waals surface area contributed by atoms with Crippen LogP contribution in [0.1, 0.15) is 46.0 Å². The van der Waals surface area contributed by atoms with E-state index in [1.807, 2.05) is 24.3 Å². The van der Waals surface area contributed by atoms with Crippen LogP contribution in [0.3, 0.4) is 0 Å². The van der Waals surface area contributed by atoms with Crippen molar-refractivity contribution < 1.29 is 19.0 Å². The third-order valence-electron chi connectivity index (χ3n) is 5.84. The number of benzene rings is 1. The van der Waals surface area contributed by atoms with Crippen molar-refractivity contribution in [2.24, 2.45) is 5.92 Å². The topological polar surface area (TPSA) is 60.0 Å². The van der Waals surface area contributed by atoms with Gasteiger partial charge in [0.05, 0.1) is 13.2 Å². The second kappa shape index (κ2) is 11.0. The van der Waals surface area contributed by atoms with Gasteiger partial charge in [0.2, 0.25) is 0 Å². The van der Waals surface area contributed by atoms with Gasteiger partial charge in [0.15, 0.2) is 0 Å². The Hall–Kier alpha value is -1.63. The van der Waals surface area contributed by atoms with Gasteiger partial charge in [0, 0.05) is 31.9 Å². The summed E-state index contributed by atoms with van der Waals surface area (Å²) in [7, 11) is 0. The summed E-state index contributed by atoms with van der Waals surface area (Å²) in [5, 5.41) is 3.08. The molecule has 1 heterocycles. The molecule has 0 spiro atoms. The summed E-state index contributed by atoms with van der Waals surface area (Å²) in [5.74, 6) is 1.31. The summed E-state index contributed by atoms with van der Waals surface area (Å²) < 4.78 is 17.3. The van der Waals surface area contributed by atoms with Crippen molar-refractivity contribution in [2.45, 2.75) is 51.6 Å². The van der Waals surface area contributed by atoms with Crippen molar-refractivity contribution in [1.29, 1.82) is 0 Å². The summed E-state index contributed by atoms with van der Waals surface area (Å²) in [6.45, 7) is 10.00. The maximum atomic E-state index is 13.1. The Kier molecular flexibility index (Phi) is 8.33. The number of ether oxygens (including phenoxy) is 3. The summed E-state index contributed by atoms with van der Waals surface area (Å²) in [5.41, 5.74) is 0.0920. The average molecular weight is 405 g/mol. The fraction of sp³-hybridized carbons (Fsp3) is 0.696. The molecule has 29 heavy (non-hydrogen) atoms. The number of carbonyl (C=O) groups is 1. The zero-order chi connectivity index (χ0) is 20.5. The van der Waals surface area contributed by atoms with E-state index in [9.17, 15) is 4.79 Å². The molecule has 1 amide bonds. The standard InChI is InChI=1S/C23H36N2O4/c1-3-14-29-23(10-4-5-19(2)18-23)22(26)24-20-6-8-21(9-7-20)28-17-13-25-11-15-27-16-12-25/h6-9,19H,3-5,10-18H2,1-2H3,(H,24,26)/t19-,23+/m1/s1. The van der Waals surface area contributed by atoms with E-state index in [1.165, 1.54) is 6.42 Å². The van der Waals surface area contributed by atoms with Crippen LogP contribution in [0.2, 0.25) is 0 Å². The van der Waals surface area contributed by atoms with Crippen LogP contribution in [0.15, 0.2) is 24.3 Å². The van der Waals surface area contributed by atoms with Gasteiger partial charge in [-0.1, -0.05) is 20.3 Å². The number of nitrogens with zero attached hydrogens (tertiary/aromatic N) is 1. The van der Waals surface area contributed by atoms with Crippen LogP contribution in [-0.4, -0.2) is 62.5 Å². The van der Waals surface area contributed by atoms with Crippen molar-refractivity contribution in [2.75, 3.05) is 51.4 Å². The van der Waals surface area contributed by atoms with E-state index in [0.29, 0.717) is 19.1 Å². The first-order valence-corrected chi connectivity index (χ1v) is 11.1. The maximum Gasteiger partial charge on any atom is 0.256 e. The molecule has 1 aromatic carbocycles. The Balaban J connectivity index is 1.51. The van der Waals surface area contributed by atoms with E-state index in [1.54, 1.807) is 0 Å². The lowest BCUT2D eigenvalue weighted by molar-refractivity contribution is -0.148. The monoisotopic (exact) mass is 404 g/mol. The van der Waals surface area contributed by atoms with Crippen molar-refractivity contribution in [3.63, 3.8) is 0 Å². The number of anilines is 1. The number of morpholine rings is 1. The summed E-state index contributed by atoms with van der Waals surface area (Å²) in [4.78, 5) is 15.4. The number of amides is 1.